The third-order valence-electron chi connectivity index (χ3n) is 3.82. The second-order valence-corrected chi connectivity index (χ2v) is 5.45. The zero-order valence-corrected chi connectivity index (χ0v) is 12.3. The van der Waals surface area contributed by atoms with Crippen molar-refractivity contribution in [1.29, 1.82) is 0 Å². The van der Waals surface area contributed by atoms with Crippen molar-refractivity contribution in [1.82, 2.24) is 20.1 Å². The van der Waals surface area contributed by atoms with E-state index in [1.54, 1.807) is 23.3 Å². The van der Waals surface area contributed by atoms with Crippen molar-refractivity contribution >= 4 is 11.4 Å². The van der Waals surface area contributed by atoms with Gasteiger partial charge in [-0.25, -0.2) is 4.68 Å². The monoisotopic (exact) mass is 314 g/mol. The third kappa shape index (κ3) is 2.87. The van der Waals surface area contributed by atoms with Gasteiger partial charge in [0.2, 0.25) is 0 Å². The molecule has 0 spiro atoms. The van der Waals surface area contributed by atoms with Gasteiger partial charge in [0, 0.05) is 24.5 Å². The van der Waals surface area contributed by atoms with Gasteiger partial charge in [0.15, 0.2) is 6.10 Å². The van der Waals surface area contributed by atoms with Crippen molar-refractivity contribution in [3.05, 3.63) is 54.6 Å². The first-order valence-electron chi connectivity index (χ1n) is 7.32. The smallest absolute Gasteiger partial charge is 0.152 e. The van der Waals surface area contributed by atoms with Gasteiger partial charge in [-0.2, -0.15) is 5.12 Å². The molecule has 4 rings (SSSR count). The van der Waals surface area contributed by atoms with E-state index in [4.69, 9.17) is 4.84 Å². The molecule has 0 saturated carbocycles. The second kappa shape index (κ2) is 5.71. The van der Waals surface area contributed by atoms with E-state index in [1.807, 2.05) is 29.2 Å². The van der Waals surface area contributed by atoms with Crippen LogP contribution in [0, 0.1) is 0 Å². The molecule has 1 atom stereocenters. The highest BCUT2D eigenvalue weighted by atomic mass is 19.2. The van der Waals surface area contributed by atoms with Gasteiger partial charge >= 0.3 is 0 Å². The van der Waals surface area contributed by atoms with Crippen LogP contribution in [0.5, 0.6) is 0 Å². The lowest BCUT2D eigenvalue weighted by molar-refractivity contribution is 0.0693. The van der Waals surface area contributed by atoms with Gasteiger partial charge in [-0.3, -0.25) is 0 Å². The van der Waals surface area contributed by atoms with E-state index >= 15 is 0 Å². The van der Waals surface area contributed by atoms with Gasteiger partial charge in [0.25, 0.3) is 0 Å². The van der Waals surface area contributed by atoms with Crippen LogP contribution in [0.1, 0.15) is 12.0 Å². The minimum Gasteiger partial charge on any atom is -0.390 e. The molecular formula is C15H15FN6O. The van der Waals surface area contributed by atoms with E-state index in [0.29, 0.717) is 11.7 Å². The molecule has 2 aromatic rings. The Morgan fingerprint density at radius 3 is 2.78 bits per heavy atom. The summed E-state index contributed by atoms with van der Waals surface area (Å²) >= 11 is 0. The van der Waals surface area contributed by atoms with Crippen LogP contribution >= 0.6 is 0 Å². The Hall–Kier alpha value is -2.90. The molecule has 1 aromatic heterocycles. The van der Waals surface area contributed by atoms with E-state index in [2.05, 4.69) is 15.5 Å². The summed E-state index contributed by atoms with van der Waals surface area (Å²) in [6, 6.07) is 7.85. The van der Waals surface area contributed by atoms with Crippen molar-refractivity contribution in [2.75, 3.05) is 11.6 Å². The number of oxime groups is 1. The number of benzene rings is 1. The van der Waals surface area contributed by atoms with E-state index in [0.717, 1.165) is 23.4 Å². The molecule has 118 valence electrons. The molecule has 0 fully saturated rings. The van der Waals surface area contributed by atoms with Crippen LogP contribution in [-0.2, 0) is 11.4 Å². The molecule has 8 heteroatoms. The van der Waals surface area contributed by atoms with Crippen molar-refractivity contribution in [2.45, 2.75) is 19.1 Å². The van der Waals surface area contributed by atoms with Gasteiger partial charge in [-0.15, -0.1) is 5.10 Å². The van der Waals surface area contributed by atoms with Crippen LogP contribution in [0.3, 0.4) is 0 Å². The highest BCUT2D eigenvalue weighted by Crippen LogP contribution is 2.23. The molecule has 0 N–H and O–H groups in total. The minimum absolute atomic E-state index is 0.0343. The largest absolute Gasteiger partial charge is 0.390 e. The molecule has 0 saturated heterocycles. The summed E-state index contributed by atoms with van der Waals surface area (Å²) in [4.78, 5) is 7.28. The number of halogens is 1. The molecule has 0 amide bonds. The predicted molar refractivity (Wildman–Crippen MR) is 81.9 cm³/mol. The van der Waals surface area contributed by atoms with Crippen molar-refractivity contribution in [2.24, 2.45) is 5.16 Å². The van der Waals surface area contributed by atoms with E-state index in [-0.39, 0.29) is 12.8 Å². The Morgan fingerprint density at radius 1 is 1.22 bits per heavy atom. The van der Waals surface area contributed by atoms with Crippen molar-refractivity contribution in [3.8, 4) is 0 Å². The topological polar surface area (TPSA) is 58.8 Å². The van der Waals surface area contributed by atoms with Crippen LogP contribution in [0.4, 0.5) is 10.2 Å². The molecular weight excluding hydrogens is 299 g/mol. The first-order valence-corrected chi connectivity index (χ1v) is 7.32. The number of nitrogens with zero attached hydrogens (tertiary/aromatic N) is 6. The maximum Gasteiger partial charge on any atom is 0.152 e. The van der Waals surface area contributed by atoms with Crippen LogP contribution in [-0.4, -0.2) is 38.6 Å². The van der Waals surface area contributed by atoms with Gasteiger partial charge in [-0.05, 0) is 17.7 Å². The maximum absolute atomic E-state index is 13.0. The molecule has 2 aliphatic rings. The van der Waals surface area contributed by atoms with E-state index < -0.39 is 0 Å². The third-order valence-corrected chi connectivity index (χ3v) is 3.82. The molecule has 0 radical (unpaired) electrons. The number of anilines is 1. The van der Waals surface area contributed by atoms with Gasteiger partial charge < -0.3 is 9.74 Å². The first-order chi connectivity index (χ1) is 11.3. The Bertz CT molecular complexity index is 727. The lowest BCUT2D eigenvalue weighted by atomic mass is 10.0. The highest BCUT2D eigenvalue weighted by Gasteiger charge is 2.23. The first kappa shape index (κ1) is 13.7. The van der Waals surface area contributed by atoms with Crippen LogP contribution in [0.2, 0.25) is 0 Å². The van der Waals surface area contributed by atoms with Gasteiger partial charge in [0.05, 0.1) is 24.7 Å². The average molecular weight is 314 g/mol. The fourth-order valence-electron chi connectivity index (χ4n) is 2.64. The molecule has 0 bridgehead atoms. The maximum atomic E-state index is 13.0. The fourth-order valence-corrected chi connectivity index (χ4v) is 2.64. The molecule has 0 aliphatic carbocycles. The molecule has 1 unspecified atom stereocenters. The van der Waals surface area contributed by atoms with E-state index in [1.165, 1.54) is 6.20 Å². The Morgan fingerprint density at radius 2 is 2.09 bits per heavy atom. The number of hydrogen-bond acceptors (Lipinski definition) is 6. The number of hydrogen-bond donors (Lipinski definition) is 0. The predicted octanol–water partition coefficient (Wildman–Crippen LogP) is 1.91. The number of rotatable bonds is 4. The van der Waals surface area contributed by atoms with Crippen LogP contribution < -0.4 is 4.90 Å². The summed E-state index contributed by atoms with van der Waals surface area (Å²) in [5, 5.41) is 12.5. The van der Waals surface area contributed by atoms with Crippen molar-refractivity contribution in [3.63, 3.8) is 0 Å². The van der Waals surface area contributed by atoms with Crippen LogP contribution in [0.15, 0.2) is 54.2 Å². The van der Waals surface area contributed by atoms with Gasteiger partial charge in [-0.1, -0.05) is 27.0 Å². The molecule has 7 nitrogen and oxygen atoms in total. The van der Waals surface area contributed by atoms with Gasteiger partial charge in [0.1, 0.15) is 6.67 Å². The highest BCUT2D eigenvalue weighted by molar-refractivity contribution is 6.01. The minimum atomic E-state index is -0.0343. The van der Waals surface area contributed by atoms with E-state index in [9.17, 15) is 4.48 Å². The van der Waals surface area contributed by atoms with Crippen LogP contribution in [0.25, 0.3) is 0 Å². The summed E-state index contributed by atoms with van der Waals surface area (Å²) in [6.07, 6.45) is 7.24. The number of aromatic nitrogens is 3. The summed E-state index contributed by atoms with van der Waals surface area (Å²) in [7, 11) is 0. The molecule has 1 aromatic carbocycles. The average Bonchev–Trinajstić information content (AvgIpc) is 3.30. The fraction of sp³-hybridized carbons (Fsp3) is 0.267. The molecule has 23 heavy (non-hydrogen) atoms. The Labute approximate surface area is 132 Å². The Kier molecular flexibility index (Phi) is 3.41. The summed E-state index contributed by atoms with van der Waals surface area (Å²) in [6.45, 7) is 0.833. The summed E-state index contributed by atoms with van der Waals surface area (Å²) < 4.78 is 14.8. The zero-order valence-electron chi connectivity index (χ0n) is 12.3. The van der Waals surface area contributed by atoms with Crippen molar-refractivity contribution < 1.29 is 9.32 Å². The molecule has 2 aliphatic heterocycles. The summed E-state index contributed by atoms with van der Waals surface area (Å²) in [5.41, 5.74) is 2.85. The lowest BCUT2D eigenvalue weighted by Gasteiger charge is -2.16. The SMILES string of the molecule is FN1C=CN(c2ccc(C3=NOC(Cn4ccnn4)C3)cc2)C1. The summed E-state index contributed by atoms with van der Waals surface area (Å²) in [5.74, 6) is 0. The zero-order chi connectivity index (χ0) is 15.6. The Balaban J connectivity index is 1.40. The normalized spacial score (nSPS) is 20.0. The lowest BCUT2D eigenvalue weighted by Crippen LogP contribution is -2.19. The molecule has 3 heterocycles. The second-order valence-electron chi connectivity index (χ2n) is 5.45. The standard InChI is InChI=1S/C15H15FN6O/c16-21-8-7-20(11-21)13-3-1-12(2-4-13)15-9-14(23-18-15)10-22-6-5-17-19-22/h1-8,14H,9-11H2. The quantitative estimate of drug-likeness (QED) is 0.807.